The Bertz CT molecular complexity index is 385. The van der Waals surface area contributed by atoms with Crippen molar-refractivity contribution in [3.8, 4) is 0 Å². The van der Waals surface area contributed by atoms with Gasteiger partial charge in [-0.3, -0.25) is 9.69 Å². The summed E-state index contributed by atoms with van der Waals surface area (Å²) in [7, 11) is 1.72. The zero-order valence-electron chi connectivity index (χ0n) is 9.77. The molecular formula is C12H17FN2O2. The number of amides is 1. The number of carbonyl (C=O) groups excluding carboxylic acids is 1. The number of carbonyl (C=O) groups is 1. The van der Waals surface area contributed by atoms with Gasteiger partial charge in [-0.1, -0.05) is 12.1 Å². The second-order valence-electron chi connectivity index (χ2n) is 3.92. The normalized spacial score (nSPS) is 12.7. The Morgan fingerprint density at radius 3 is 2.82 bits per heavy atom. The SMILES string of the molecule is CN(CCCO)C(C(N)=O)c1cccc(F)c1. The van der Waals surface area contributed by atoms with Gasteiger partial charge in [0, 0.05) is 13.2 Å². The van der Waals surface area contributed by atoms with Crippen LogP contribution in [0.2, 0.25) is 0 Å². The molecule has 0 bridgehead atoms. The van der Waals surface area contributed by atoms with Gasteiger partial charge < -0.3 is 10.8 Å². The van der Waals surface area contributed by atoms with Gasteiger partial charge in [0.1, 0.15) is 11.9 Å². The van der Waals surface area contributed by atoms with Gasteiger partial charge in [0.05, 0.1) is 0 Å². The van der Waals surface area contributed by atoms with Crippen LogP contribution in [0.15, 0.2) is 24.3 Å². The highest BCUT2D eigenvalue weighted by Gasteiger charge is 2.22. The number of aliphatic hydroxyl groups is 1. The van der Waals surface area contributed by atoms with Crippen LogP contribution in [0.1, 0.15) is 18.0 Å². The monoisotopic (exact) mass is 240 g/mol. The first kappa shape index (κ1) is 13.6. The van der Waals surface area contributed by atoms with Crippen molar-refractivity contribution >= 4 is 5.91 Å². The van der Waals surface area contributed by atoms with Crippen molar-refractivity contribution in [2.24, 2.45) is 5.73 Å². The van der Waals surface area contributed by atoms with E-state index in [0.717, 1.165) is 0 Å². The van der Waals surface area contributed by atoms with Crippen LogP contribution in [-0.2, 0) is 4.79 Å². The second-order valence-corrected chi connectivity index (χ2v) is 3.92. The van der Waals surface area contributed by atoms with E-state index in [1.165, 1.54) is 12.1 Å². The van der Waals surface area contributed by atoms with Gasteiger partial charge in [-0.15, -0.1) is 0 Å². The average molecular weight is 240 g/mol. The summed E-state index contributed by atoms with van der Waals surface area (Å²) < 4.78 is 13.1. The van der Waals surface area contributed by atoms with Crippen LogP contribution in [0.4, 0.5) is 4.39 Å². The zero-order valence-corrected chi connectivity index (χ0v) is 9.77. The Hall–Kier alpha value is -1.46. The molecule has 3 N–H and O–H groups in total. The lowest BCUT2D eigenvalue weighted by molar-refractivity contribution is -0.123. The van der Waals surface area contributed by atoms with E-state index in [1.807, 2.05) is 0 Å². The molecule has 0 saturated heterocycles. The third kappa shape index (κ3) is 3.80. The molecule has 1 unspecified atom stereocenters. The topological polar surface area (TPSA) is 66.6 Å². The molecule has 94 valence electrons. The molecule has 1 atom stereocenters. The Balaban J connectivity index is 2.89. The predicted molar refractivity (Wildman–Crippen MR) is 62.7 cm³/mol. The molecule has 0 radical (unpaired) electrons. The number of nitrogens with zero attached hydrogens (tertiary/aromatic N) is 1. The molecule has 1 rings (SSSR count). The lowest BCUT2D eigenvalue weighted by Gasteiger charge is -2.25. The highest BCUT2D eigenvalue weighted by molar-refractivity contribution is 5.81. The van der Waals surface area contributed by atoms with Crippen molar-refractivity contribution in [1.82, 2.24) is 4.90 Å². The standard InChI is InChI=1S/C12H17FN2O2/c1-15(6-3-7-16)11(12(14)17)9-4-2-5-10(13)8-9/h2,4-5,8,11,16H,3,6-7H2,1H3,(H2,14,17). The number of hydrogen-bond donors (Lipinski definition) is 2. The smallest absolute Gasteiger partial charge is 0.239 e. The molecule has 0 aliphatic rings. The molecule has 4 nitrogen and oxygen atoms in total. The van der Waals surface area contributed by atoms with Gasteiger partial charge in [0.25, 0.3) is 0 Å². The van der Waals surface area contributed by atoms with Crippen molar-refractivity contribution in [2.45, 2.75) is 12.5 Å². The van der Waals surface area contributed by atoms with Crippen molar-refractivity contribution < 1.29 is 14.3 Å². The maximum absolute atomic E-state index is 13.1. The minimum Gasteiger partial charge on any atom is -0.396 e. The predicted octanol–water partition coefficient (Wildman–Crippen LogP) is 0.666. The Kier molecular flexibility index (Phi) is 5.06. The molecule has 0 aromatic heterocycles. The van der Waals surface area contributed by atoms with Gasteiger partial charge in [-0.25, -0.2) is 4.39 Å². The van der Waals surface area contributed by atoms with Crippen LogP contribution in [0.3, 0.4) is 0 Å². The van der Waals surface area contributed by atoms with Crippen molar-refractivity contribution in [3.05, 3.63) is 35.6 Å². The maximum atomic E-state index is 13.1. The van der Waals surface area contributed by atoms with E-state index in [0.29, 0.717) is 18.5 Å². The fourth-order valence-corrected chi connectivity index (χ4v) is 1.76. The fraction of sp³-hybridized carbons (Fsp3) is 0.417. The summed E-state index contributed by atoms with van der Waals surface area (Å²) in [4.78, 5) is 13.1. The van der Waals surface area contributed by atoms with Crippen LogP contribution in [0.25, 0.3) is 0 Å². The minimum atomic E-state index is -0.669. The molecule has 5 heteroatoms. The lowest BCUT2D eigenvalue weighted by Crippen LogP contribution is -2.36. The van der Waals surface area contributed by atoms with Crippen LogP contribution >= 0.6 is 0 Å². The first-order valence-corrected chi connectivity index (χ1v) is 5.42. The van der Waals surface area contributed by atoms with Crippen LogP contribution < -0.4 is 5.73 Å². The molecule has 1 aromatic rings. The van der Waals surface area contributed by atoms with Gasteiger partial charge in [-0.2, -0.15) is 0 Å². The Morgan fingerprint density at radius 1 is 1.59 bits per heavy atom. The number of primary amides is 1. The fourth-order valence-electron chi connectivity index (χ4n) is 1.76. The largest absolute Gasteiger partial charge is 0.396 e. The number of nitrogens with two attached hydrogens (primary N) is 1. The lowest BCUT2D eigenvalue weighted by atomic mass is 10.0. The minimum absolute atomic E-state index is 0.0406. The summed E-state index contributed by atoms with van der Waals surface area (Å²) in [5.74, 6) is -0.930. The molecule has 0 heterocycles. The highest BCUT2D eigenvalue weighted by atomic mass is 19.1. The highest BCUT2D eigenvalue weighted by Crippen LogP contribution is 2.19. The van der Waals surface area contributed by atoms with Crippen molar-refractivity contribution in [1.29, 1.82) is 0 Å². The van der Waals surface area contributed by atoms with Crippen LogP contribution in [0, 0.1) is 5.82 Å². The number of benzene rings is 1. The van der Waals surface area contributed by atoms with Crippen molar-refractivity contribution in [3.63, 3.8) is 0 Å². The van der Waals surface area contributed by atoms with Gasteiger partial charge in [-0.05, 0) is 31.2 Å². The maximum Gasteiger partial charge on any atom is 0.239 e. The molecule has 1 amide bonds. The van der Waals surface area contributed by atoms with Gasteiger partial charge in [0.2, 0.25) is 5.91 Å². The van der Waals surface area contributed by atoms with E-state index in [9.17, 15) is 9.18 Å². The van der Waals surface area contributed by atoms with E-state index in [-0.39, 0.29) is 6.61 Å². The van der Waals surface area contributed by atoms with Crippen LogP contribution in [0.5, 0.6) is 0 Å². The first-order chi connectivity index (χ1) is 8.06. The van der Waals surface area contributed by atoms with Crippen molar-refractivity contribution in [2.75, 3.05) is 20.2 Å². The second kappa shape index (κ2) is 6.32. The molecule has 1 aromatic carbocycles. The number of hydrogen-bond acceptors (Lipinski definition) is 3. The molecule has 17 heavy (non-hydrogen) atoms. The number of halogens is 1. The summed E-state index contributed by atoms with van der Waals surface area (Å²) in [5.41, 5.74) is 5.85. The Morgan fingerprint density at radius 2 is 2.29 bits per heavy atom. The molecule has 0 saturated carbocycles. The summed E-state index contributed by atoms with van der Waals surface area (Å²) in [6.45, 7) is 0.555. The third-order valence-electron chi connectivity index (χ3n) is 2.54. The van der Waals surface area contributed by atoms with Gasteiger partial charge >= 0.3 is 0 Å². The first-order valence-electron chi connectivity index (χ1n) is 5.42. The third-order valence-corrected chi connectivity index (χ3v) is 2.54. The summed E-state index contributed by atoms with van der Waals surface area (Å²) in [6.07, 6.45) is 0.537. The number of aliphatic hydroxyl groups excluding tert-OH is 1. The quantitative estimate of drug-likeness (QED) is 0.768. The van der Waals surface area contributed by atoms with E-state index in [1.54, 1.807) is 24.1 Å². The summed E-state index contributed by atoms with van der Waals surface area (Å²) in [5, 5.41) is 8.75. The van der Waals surface area contributed by atoms with E-state index in [4.69, 9.17) is 10.8 Å². The number of likely N-dealkylation sites (N-methyl/N-ethyl adjacent to an activating group) is 1. The van der Waals surface area contributed by atoms with E-state index >= 15 is 0 Å². The molecule has 0 aliphatic carbocycles. The zero-order chi connectivity index (χ0) is 12.8. The van der Waals surface area contributed by atoms with Gasteiger partial charge in [0.15, 0.2) is 0 Å². The molecule has 0 spiro atoms. The summed E-state index contributed by atoms with van der Waals surface area (Å²) in [6, 6.07) is 5.14. The average Bonchev–Trinajstić information content (AvgIpc) is 2.26. The Labute approximate surface area is 99.8 Å². The van der Waals surface area contributed by atoms with E-state index in [2.05, 4.69) is 0 Å². The molecule has 0 fully saturated rings. The number of rotatable bonds is 6. The molecule has 0 aliphatic heterocycles. The summed E-state index contributed by atoms with van der Waals surface area (Å²) >= 11 is 0. The molecular weight excluding hydrogens is 223 g/mol. The van der Waals surface area contributed by atoms with Crippen LogP contribution in [-0.4, -0.2) is 36.1 Å². The van der Waals surface area contributed by atoms with E-state index < -0.39 is 17.8 Å².